The number of anilines is 1. The van der Waals surface area contributed by atoms with Crippen molar-refractivity contribution >= 4 is 12.2 Å². The van der Waals surface area contributed by atoms with Crippen molar-refractivity contribution in [2.75, 3.05) is 39.6 Å². The van der Waals surface area contributed by atoms with Crippen molar-refractivity contribution in [3.8, 4) is 5.88 Å². The molecule has 12 heteroatoms. The average Bonchev–Trinajstić information content (AvgIpc) is 3.43. The van der Waals surface area contributed by atoms with Crippen LogP contribution in [0, 0.1) is 0 Å². The number of aromatic nitrogens is 2. The minimum absolute atomic E-state index is 0.0372. The van der Waals surface area contributed by atoms with Crippen molar-refractivity contribution < 1.29 is 32.2 Å². The molecule has 1 amide bonds. The predicted molar refractivity (Wildman–Crippen MR) is 155 cm³/mol. The molecule has 3 aliphatic rings. The van der Waals surface area contributed by atoms with E-state index in [1.54, 1.807) is 4.90 Å². The number of nitrogens with zero attached hydrogens (tertiary/aromatic N) is 3. The molecule has 5 heterocycles. The maximum absolute atomic E-state index is 12.0. The van der Waals surface area contributed by atoms with Gasteiger partial charge in [0.15, 0.2) is 0 Å². The lowest BCUT2D eigenvalue weighted by molar-refractivity contribution is -0.141. The number of methoxy groups -OCH3 is 1. The first-order chi connectivity index (χ1) is 19.7. The molecule has 2 aromatic heterocycles. The van der Waals surface area contributed by atoms with Gasteiger partial charge in [0.05, 0.1) is 38.7 Å². The smallest absolute Gasteiger partial charge is 0.433 e. The maximum Gasteiger partial charge on any atom is 0.433 e. The van der Waals surface area contributed by atoms with Gasteiger partial charge in [0.1, 0.15) is 11.5 Å². The number of pyridine rings is 2. The quantitative estimate of drug-likeness (QED) is 0.351. The SMILES string of the molecule is CC.CC.CN.COc1cccc(C(F)(F)F)n1.C[C@H]1OCc2c3c(nc(N)c21)COCC3.O=CN1CC=CCC1. The Morgan fingerprint density at radius 1 is 1.07 bits per heavy atom. The zero-order valence-electron chi connectivity index (χ0n) is 25.3. The lowest BCUT2D eigenvalue weighted by Gasteiger charge is -2.19. The second-order valence-corrected chi connectivity index (χ2v) is 7.99. The molecule has 0 bridgehead atoms. The van der Waals surface area contributed by atoms with Gasteiger partial charge in [-0.3, -0.25) is 4.79 Å². The summed E-state index contributed by atoms with van der Waals surface area (Å²) in [6.07, 6.45) is 2.62. The molecule has 5 rings (SSSR count). The van der Waals surface area contributed by atoms with Gasteiger partial charge in [-0.05, 0) is 44.0 Å². The van der Waals surface area contributed by atoms with Gasteiger partial charge in [-0.25, -0.2) is 9.97 Å². The molecule has 9 nitrogen and oxygen atoms in total. The largest absolute Gasteiger partial charge is 0.481 e. The number of fused-ring (bicyclic) bond motifs is 3. The van der Waals surface area contributed by atoms with E-state index in [1.165, 1.54) is 37.4 Å². The summed E-state index contributed by atoms with van der Waals surface area (Å²) in [5, 5.41) is 0. The van der Waals surface area contributed by atoms with E-state index in [2.05, 4.69) is 26.5 Å². The molecular weight excluding hydrogens is 539 g/mol. The van der Waals surface area contributed by atoms with E-state index in [1.807, 2.05) is 40.7 Å². The highest BCUT2D eigenvalue weighted by Gasteiger charge is 2.32. The fourth-order valence-corrected chi connectivity index (χ4v) is 3.87. The molecule has 3 aliphatic heterocycles. The minimum atomic E-state index is -4.41. The number of nitrogen functional groups attached to an aromatic ring is 1. The van der Waals surface area contributed by atoms with Crippen LogP contribution in [0.2, 0.25) is 0 Å². The highest BCUT2D eigenvalue weighted by molar-refractivity contribution is 5.53. The summed E-state index contributed by atoms with van der Waals surface area (Å²) in [7, 11) is 2.77. The summed E-state index contributed by atoms with van der Waals surface area (Å²) in [6, 6.07) is 3.49. The van der Waals surface area contributed by atoms with Crippen LogP contribution in [0.1, 0.15) is 75.2 Å². The van der Waals surface area contributed by atoms with Crippen LogP contribution in [0.3, 0.4) is 0 Å². The normalized spacial score (nSPS) is 16.1. The van der Waals surface area contributed by atoms with Crippen molar-refractivity contribution in [2.45, 2.75) is 73.0 Å². The van der Waals surface area contributed by atoms with Crippen LogP contribution < -0.4 is 16.2 Å². The Morgan fingerprint density at radius 2 is 1.76 bits per heavy atom. The van der Waals surface area contributed by atoms with Crippen molar-refractivity contribution in [3.63, 3.8) is 0 Å². The Labute approximate surface area is 242 Å². The second-order valence-electron chi connectivity index (χ2n) is 7.99. The monoisotopic (exact) mass is 585 g/mol. The molecule has 1 atom stereocenters. The van der Waals surface area contributed by atoms with Gasteiger partial charge in [-0.1, -0.05) is 45.9 Å². The predicted octanol–water partition coefficient (Wildman–Crippen LogP) is 5.47. The van der Waals surface area contributed by atoms with Gasteiger partial charge >= 0.3 is 6.18 Å². The van der Waals surface area contributed by atoms with E-state index >= 15 is 0 Å². The number of nitrogens with two attached hydrogens (primary N) is 2. The zero-order chi connectivity index (χ0) is 31.4. The minimum Gasteiger partial charge on any atom is -0.481 e. The van der Waals surface area contributed by atoms with Crippen LogP contribution in [0.15, 0.2) is 30.4 Å². The van der Waals surface area contributed by atoms with E-state index in [0.717, 1.165) is 56.3 Å². The average molecular weight is 586 g/mol. The van der Waals surface area contributed by atoms with Crippen molar-refractivity contribution in [3.05, 3.63) is 58.4 Å². The Balaban J connectivity index is 0.000000555. The molecule has 41 heavy (non-hydrogen) atoms. The molecule has 0 saturated carbocycles. The molecular formula is C29H46F3N5O4. The summed E-state index contributed by atoms with van der Waals surface area (Å²) in [5.74, 6) is 0.573. The van der Waals surface area contributed by atoms with Crippen LogP contribution in [0.4, 0.5) is 19.0 Å². The van der Waals surface area contributed by atoms with Crippen LogP contribution in [-0.2, 0) is 40.1 Å². The number of carbonyl (C=O) groups excluding carboxylic acids is 1. The fourth-order valence-electron chi connectivity index (χ4n) is 3.87. The number of amides is 1. The lowest BCUT2D eigenvalue weighted by atomic mass is 9.97. The lowest BCUT2D eigenvalue weighted by Crippen LogP contribution is -2.25. The van der Waals surface area contributed by atoms with E-state index in [-0.39, 0.29) is 12.0 Å². The molecule has 0 saturated heterocycles. The van der Waals surface area contributed by atoms with Gasteiger partial charge in [-0.15, -0.1) is 0 Å². The Kier molecular flexibility index (Phi) is 19.0. The third-order valence-electron chi connectivity index (χ3n) is 5.65. The standard InChI is InChI=1S/C11H14N2O2.C7H6F3NO.C6H9NO.2C2H6.CH5N/c1-6-10-8(4-15-6)7-2-3-14-5-9(7)13-11(10)12;1-12-6-4-2-3-5(11-6)7(8,9)10;8-6-7-4-2-1-3-5-7;3*1-2/h6H,2-5H2,1H3,(H2,12,13);2-4H,1H3;1-2,6H,3-5H2;2*1-2H3;2H2,1H3/t6-;;;;;/m1...../s1. The van der Waals surface area contributed by atoms with Gasteiger partial charge in [0.2, 0.25) is 12.3 Å². The number of alkyl halides is 3. The molecule has 232 valence electrons. The molecule has 2 aromatic rings. The highest BCUT2D eigenvalue weighted by atomic mass is 19.4. The summed E-state index contributed by atoms with van der Waals surface area (Å²) < 4.78 is 51.5. The van der Waals surface area contributed by atoms with Crippen LogP contribution in [-0.4, -0.2) is 55.1 Å². The zero-order valence-corrected chi connectivity index (χ0v) is 25.3. The highest BCUT2D eigenvalue weighted by Crippen LogP contribution is 2.38. The van der Waals surface area contributed by atoms with Gasteiger partial charge in [-0.2, -0.15) is 13.2 Å². The van der Waals surface area contributed by atoms with E-state index in [9.17, 15) is 18.0 Å². The number of hydrogen-bond donors (Lipinski definition) is 2. The second kappa shape index (κ2) is 20.6. The third kappa shape index (κ3) is 12.0. The van der Waals surface area contributed by atoms with Crippen molar-refractivity contribution in [1.29, 1.82) is 0 Å². The number of carbonyl (C=O) groups is 1. The molecule has 4 N–H and O–H groups in total. The summed E-state index contributed by atoms with van der Waals surface area (Å²) in [4.78, 5) is 19.4. The first-order valence-electron chi connectivity index (χ1n) is 13.7. The summed E-state index contributed by atoms with van der Waals surface area (Å²) >= 11 is 0. The van der Waals surface area contributed by atoms with E-state index < -0.39 is 11.9 Å². The molecule has 0 aliphatic carbocycles. The third-order valence-corrected chi connectivity index (χ3v) is 5.65. The van der Waals surface area contributed by atoms with Crippen LogP contribution in [0.25, 0.3) is 0 Å². The van der Waals surface area contributed by atoms with Crippen molar-refractivity contribution in [1.82, 2.24) is 14.9 Å². The Bertz CT molecular complexity index is 1050. The van der Waals surface area contributed by atoms with Crippen LogP contribution in [0.5, 0.6) is 5.88 Å². The maximum atomic E-state index is 12.0. The Hall–Kier alpha value is -3.22. The number of hydrogen-bond acceptors (Lipinski definition) is 8. The topological polar surface area (TPSA) is 126 Å². The number of rotatable bonds is 2. The van der Waals surface area contributed by atoms with Gasteiger partial charge < -0.3 is 30.6 Å². The van der Waals surface area contributed by atoms with Gasteiger partial charge in [0, 0.05) is 24.7 Å². The molecule has 0 fully saturated rings. The Morgan fingerprint density at radius 3 is 2.29 bits per heavy atom. The molecule has 0 spiro atoms. The van der Waals surface area contributed by atoms with E-state index in [4.69, 9.17) is 15.2 Å². The summed E-state index contributed by atoms with van der Waals surface area (Å²) in [6.45, 7) is 13.7. The number of ether oxygens (including phenoxy) is 3. The molecule has 0 radical (unpaired) electrons. The molecule has 0 unspecified atom stereocenters. The first-order valence-corrected chi connectivity index (χ1v) is 13.7. The van der Waals surface area contributed by atoms with Crippen molar-refractivity contribution in [2.24, 2.45) is 5.73 Å². The number of halogens is 3. The van der Waals surface area contributed by atoms with Gasteiger partial charge in [0.25, 0.3) is 0 Å². The fraction of sp³-hybridized carbons (Fsp3) is 0.552. The van der Waals surface area contributed by atoms with Crippen LogP contribution >= 0.6 is 0 Å². The summed E-state index contributed by atoms with van der Waals surface area (Å²) in [5.41, 5.74) is 14.1. The molecule has 0 aromatic carbocycles. The van der Waals surface area contributed by atoms with E-state index in [0.29, 0.717) is 19.0 Å². The first kappa shape index (κ1) is 37.8.